The standard InChI is InChI=1S/C24H26FN7OS/c1-14-8-15(20-18(25)11-28-23(31-20)30-17-10-29-32(5)13-17)6-7-16(14)9-26-21(33)19-12-27-22(34-19)24(2,3)4/h6-8,10-13H,9H2,1-5H3,(H,26,33)(H,28,30,31). The van der Waals surface area contributed by atoms with Crippen molar-refractivity contribution in [2.24, 2.45) is 7.05 Å². The topological polar surface area (TPSA) is 97.6 Å². The van der Waals surface area contributed by atoms with Crippen LogP contribution in [0.2, 0.25) is 0 Å². The first-order chi connectivity index (χ1) is 16.1. The number of nitrogens with one attached hydrogen (secondary N) is 2. The van der Waals surface area contributed by atoms with E-state index in [0.29, 0.717) is 22.7 Å². The van der Waals surface area contributed by atoms with E-state index in [4.69, 9.17) is 0 Å². The van der Waals surface area contributed by atoms with Crippen LogP contribution in [0, 0.1) is 12.7 Å². The molecule has 0 saturated heterocycles. The van der Waals surface area contributed by atoms with Crippen molar-refractivity contribution in [2.75, 3.05) is 5.32 Å². The van der Waals surface area contributed by atoms with Crippen LogP contribution in [0.25, 0.3) is 11.3 Å². The number of thiazole rings is 1. The Balaban J connectivity index is 1.47. The molecular formula is C24H26FN7OS. The smallest absolute Gasteiger partial charge is 0.263 e. The Hall–Kier alpha value is -3.66. The van der Waals surface area contributed by atoms with Gasteiger partial charge in [-0.25, -0.2) is 19.3 Å². The lowest BCUT2D eigenvalue weighted by Gasteiger charge is -2.13. The molecule has 0 fully saturated rings. The number of anilines is 2. The maximum Gasteiger partial charge on any atom is 0.263 e. The predicted octanol–water partition coefficient (Wildman–Crippen LogP) is 4.75. The zero-order valence-corrected chi connectivity index (χ0v) is 20.5. The third-order valence-corrected chi connectivity index (χ3v) is 6.55. The molecule has 3 aromatic heterocycles. The summed E-state index contributed by atoms with van der Waals surface area (Å²) in [6.45, 7) is 8.47. The monoisotopic (exact) mass is 479 g/mol. The lowest BCUT2D eigenvalue weighted by molar-refractivity contribution is 0.0954. The van der Waals surface area contributed by atoms with Gasteiger partial charge in [-0.1, -0.05) is 32.9 Å². The Morgan fingerprint density at radius 2 is 1.97 bits per heavy atom. The van der Waals surface area contributed by atoms with Crippen molar-refractivity contribution in [1.29, 1.82) is 0 Å². The van der Waals surface area contributed by atoms with E-state index in [0.717, 1.165) is 22.3 Å². The van der Waals surface area contributed by atoms with E-state index >= 15 is 0 Å². The third-order valence-electron chi connectivity index (χ3n) is 5.13. The van der Waals surface area contributed by atoms with Crippen LogP contribution in [0.1, 0.15) is 46.6 Å². The molecule has 1 aromatic carbocycles. The highest BCUT2D eigenvalue weighted by molar-refractivity contribution is 7.13. The molecule has 3 heterocycles. The van der Waals surface area contributed by atoms with Crippen LogP contribution in [-0.4, -0.2) is 30.6 Å². The van der Waals surface area contributed by atoms with Crippen molar-refractivity contribution in [2.45, 2.75) is 39.7 Å². The van der Waals surface area contributed by atoms with Gasteiger partial charge >= 0.3 is 0 Å². The summed E-state index contributed by atoms with van der Waals surface area (Å²) in [5.41, 5.74) is 3.27. The number of rotatable bonds is 6. The number of carbonyl (C=O) groups excluding carboxylic acids is 1. The number of carbonyl (C=O) groups is 1. The Kier molecular flexibility index (Phi) is 6.43. The number of aryl methyl sites for hydroxylation is 2. The average Bonchev–Trinajstić information content (AvgIpc) is 3.43. The molecule has 0 spiro atoms. The van der Waals surface area contributed by atoms with Gasteiger partial charge < -0.3 is 10.6 Å². The number of aromatic nitrogens is 5. The Labute approximate surface area is 201 Å². The third kappa shape index (κ3) is 5.28. The second-order valence-electron chi connectivity index (χ2n) is 9.02. The van der Waals surface area contributed by atoms with Gasteiger partial charge in [-0.15, -0.1) is 11.3 Å². The van der Waals surface area contributed by atoms with Gasteiger partial charge in [0.2, 0.25) is 5.95 Å². The van der Waals surface area contributed by atoms with E-state index < -0.39 is 5.82 Å². The van der Waals surface area contributed by atoms with Crippen molar-refractivity contribution in [3.63, 3.8) is 0 Å². The maximum atomic E-state index is 14.5. The van der Waals surface area contributed by atoms with E-state index in [2.05, 4.69) is 51.5 Å². The highest BCUT2D eigenvalue weighted by Gasteiger charge is 2.20. The fraction of sp³-hybridized carbons (Fsp3) is 0.292. The average molecular weight is 480 g/mol. The van der Waals surface area contributed by atoms with Gasteiger partial charge in [0.15, 0.2) is 5.82 Å². The van der Waals surface area contributed by atoms with E-state index in [1.54, 1.807) is 36.4 Å². The summed E-state index contributed by atoms with van der Waals surface area (Å²) < 4.78 is 16.2. The molecule has 0 aliphatic heterocycles. The molecule has 2 N–H and O–H groups in total. The molecular weight excluding hydrogens is 453 g/mol. The lowest BCUT2D eigenvalue weighted by atomic mass is 9.98. The summed E-state index contributed by atoms with van der Waals surface area (Å²) in [4.78, 5) is 25.9. The normalized spacial score (nSPS) is 11.5. The summed E-state index contributed by atoms with van der Waals surface area (Å²) in [5.74, 6) is -0.404. The van der Waals surface area contributed by atoms with E-state index in [-0.39, 0.29) is 23.0 Å². The molecule has 34 heavy (non-hydrogen) atoms. The summed E-state index contributed by atoms with van der Waals surface area (Å²) in [6.07, 6.45) is 6.17. The second-order valence-corrected chi connectivity index (χ2v) is 10.1. The van der Waals surface area contributed by atoms with Crippen LogP contribution in [0.5, 0.6) is 0 Å². The quantitative estimate of drug-likeness (QED) is 0.414. The zero-order chi connectivity index (χ0) is 24.5. The van der Waals surface area contributed by atoms with E-state index in [1.807, 2.05) is 19.1 Å². The van der Waals surface area contributed by atoms with Crippen molar-refractivity contribution >= 4 is 28.9 Å². The summed E-state index contributed by atoms with van der Waals surface area (Å²) in [7, 11) is 1.80. The Bertz CT molecular complexity index is 1340. The van der Waals surface area contributed by atoms with Gasteiger partial charge in [0.1, 0.15) is 10.6 Å². The number of nitrogens with zero attached hydrogens (tertiary/aromatic N) is 5. The fourth-order valence-corrected chi connectivity index (χ4v) is 4.16. The second kappa shape index (κ2) is 9.30. The molecule has 0 aliphatic rings. The number of benzene rings is 1. The van der Waals surface area contributed by atoms with Crippen LogP contribution in [-0.2, 0) is 19.0 Å². The van der Waals surface area contributed by atoms with Crippen LogP contribution < -0.4 is 10.6 Å². The molecule has 1 amide bonds. The minimum absolute atomic E-state index is 0.0980. The highest BCUT2D eigenvalue weighted by Crippen LogP contribution is 2.27. The first-order valence-electron chi connectivity index (χ1n) is 10.7. The number of halogens is 1. The predicted molar refractivity (Wildman–Crippen MR) is 131 cm³/mol. The van der Waals surface area contributed by atoms with Gasteiger partial charge in [0.05, 0.1) is 29.3 Å². The molecule has 10 heteroatoms. The SMILES string of the molecule is Cc1cc(-c2nc(Nc3cnn(C)c3)ncc2F)ccc1CNC(=O)c1cnc(C(C)(C)C)s1. The van der Waals surface area contributed by atoms with E-state index in [1.165, 1.54) is 11.3 Å². The fourth-order valence-electron chi connectivity index (χ4n) is 3.27. The Morgan fingerprint density at radius 1 is 1.18 bits per heavy atom. The van der Waals surface area contributed by atoms with Crippen molar-refractivity contribution in [3.05, 3.63) is 69.8 Å². The molecule has 0 bridgehead atoms. The van der Waals surface area contributed by atoms with Gasteiger partial charge in [-0.3, -0.25) is 9.48 Å². The number of hydrogen-bond acceptors (Lipinski definition) is 7. The van der Waals surface area contributed by atoms with Crippen molar-refractivity contribution < 1.29 is 9.18 Å². The molecule has 8 nitrogen and oxygen atoms in total. The van der Waals surface area contributed by atoms with Crippen LogP contribution in [0.4, 0.5) is 16.0 Å². The largest absolute Gasteiger partial charge is 0.347 e. The molecule has 0 aliphatic carbocycles. The van der Waals surface area contributed by atoms with Crippen LogP contribution in [0.3, 0.4) is 0 Å². The highest BCUT2D eigenvalue weighted by atomic mass is 32.1. The molecule has 4 aromatic rings. The van der Waals surface area contributed by atoms with Crippen molar-refractivity contribution in [3.8, 4) is 11.3 Å². The minimum atomic E-state index is -0.517. The number of amides is 1. The number of hydrogen-bond donors (Lipinski definition) is 2. The molecule has 4 rings (SSSR count). The minimum Gasteiger partial charge on any atom is -0.347 e. The first kappa shape index (κ1) is 23.5. The van der Waals surface area contributed by atoms with E-state index in [9.17, 15) is 9.18 Å². The lowest BCUT2D eigenvalue weighted by Crippen LogP contribution is -2.22. The summed E-state index contributed by atoms with van der Waals surface area (Å²) in [6, 6.07) is 5.51. The van der Waals surface area contributed by atoms with Crippen LogP contribution in [0.15, 0.2) is 43.0 Å². The molecule has 176 valence electrons. The maximum absolute atomic E-state index is 14.5. The molecule has 0 unspecified atom stereocenters. The van der Waals surface area contributed by atoms with Crippen LogP contribution >= 0.6 is 11.3 Å². The Morgan fingerprint density at radius 3 is 2.62 bits per heavy atom. The molecule has 0 saturated carbocycles. The zero-order valence-electron chi connectivity index (χ0n) is 19.7. The molecule has 0 atom stereocenters. The van der Waals surface area contributed by atoms with Gasteiger partial charge in [-0.2, -0.15) is 5.10 Å². The van der Waals surface area contributed by atoms with Gasteiger partial charge in [0, 0.05) is 30.8 Å². The van der Waals surface area contributed by atoms with Gasteiger partial charge in [-0.05, 0) is 24.1 Å². The first-order valence-corrected chi connectivity index (χ1v) is 11.5. The summed E-state index contributed by atoms with van der Waals surface area (Å²) >= 11 is 1.40. The van der Waals surface area contributed by atoms with Gasteiger partial charge in [0.25, 0.3) is 5.91 Å². The molecule has 0 radical (unpaired) electrons. The summed E-state index contributed by atoms with van der Waals surface area (Å²) in [5, 5.41) is 11.0. The van der Waals surface area contributed by atoms with Crippen molar-refractivity contribution in [1.82, 2.24) is 30.0 Å².